The molecule has 1 atom stereocenters. The number of aliphatic imine (C=N–C) groups is 1. The molecule has 3 rings (SSSR count). The molecule has 3 N–H and O–H groups in total. The van der Waals surface area contributed by atoms with Crippen LogP contribution in [0.5, 0.6) is 0 Å². The molecule has 0 spiro atoms. The predicted molar refractivity (Wildman–Crippen MR) is 76.0 cm³/mol. The molecule has 1 unspecified atom stereocenters. The second-order valence-electron chi connectivity index (χ2n) is 5.07. The van der Waals surface area contributed by atoms with Crippen molar-refractivity contribution in [3.05, 3.63) is 41.9 Å². The van der Waals surface area contributed by atoms with Crippen LogP contribution in [0, 0.1) is 5.82 Å². The first-order valence-electron chi connectivity index (χ1n) is 6.46. The lowest BCUT2D eigenvalue weighted by Gasteiger charge is -2.30. The summed E-state index contributed by atoms with van der Waals surface area (Å²) in [5.74, 6) is 0.545. The van der Waals surface area contributed by atoms with E-state index < -0.39 is 5.54 Å². The molecule has 0 saturated heterocycles. The van der Waals surface area contributed by atoms with Crippen LogP contribution in [-0.2, 0) is 10.3 Å². The van der Waals surface area contributed by atoms with Crippen molar-refractivity contribution in [2.24, 2.45) is 10.7 Å². The molecule has 1 aliphatic heterocycles. The van der Waals surface area contributed by atoms with E-state index in [4.69, 9.17) is 15.0 Å². The lowest BCUT2D eigenvalue weighted by atomic mass is 9.92. The van der Waals surface area contributed by atoms with Gasteiger partial charge in [0.25, 0.3) is 0 Å². The maximum atomic E-state index is 14.2. The summed E-state index contributed by atoms with van der Waals surface area (Å²) in [6.07, 6.45) is 1.45. The van der Waals surface area contributed by atoms with E-state index in [2.05, 4.69) is 15.5 Å². The molecule has 21 heavy (non-hydrogen) atoms. The van der Waals surface area contributed by atoms with Crippen molar-refractivity contribution in [2.75, 3.05) is 18.5 Å². The van der Waals surface area contributed by atoms with Gasteiger partial charge < -0.3 is 20.3 Å². The number of halogens is 1. The van der Waals surface area contributed by atoms with Crippen LogP contribution in [0.15, 0.2) is 40.0 Å². The first-order chi connectivity index (χ1) is 10.1. The van der Waals surface area contributed by atoms with Crippen LogP contribution in [-0.4, -0.2) is 24.2 Å². The highest BCUT2D eigenvalue weighted by Crippen LogP contribution is 2.32. The van der Waals surface area contributed by atoms with Gasteiger partial charge in [0.05, 0.1) is 6.61 Å². The Kier molecular flexibility index (Phi) is 3.34. The topological polar surface area (TPSA) is 85.7 Å². The summed E-state index contributed by atoms with van der Waals surface area (Å²) >= 11 is 0. The summed E-state index contributed by atoms with van der Waals surface area (Å²) in [5, 5.41) is 6.78. The number of hydrogen-bond donors (Lipinski definition) is 2. The van der Waals surface area contributed by atoms with Crippen LogP contribution in [0.3, 0.4) is 0 Å². The molecule has 2 aromatic rings. The minimum absolute atomic E-state index is 0.272. The second kappa shape index (κ2) is 5.17. The third-order valence-electron chi connectivity index (χ3n) is 3.28. The summed E-state index contributed by atoms with van der Waals surface area (Å²) in [5.41, 5.74) is 5.97. The minimum Gasteiger partial charge on any atom is -0.386 e. The summed E-state index contributed by atoms with van der Waals surface area (Å²) in [7, 11) is 0. The number of nitrogens with one attached hydrogen (secondary N) is 1. The maximum Gasteiger partial charge on any atom is 0.173 e. The van der Waals surface area contributed by atoms with Crippen LogP contribution in [0.4, 0.5) is 15.9 Å². The number of anilines is 2. The standard InChI is InChI=1S/C14H15FN4O2/c1-14(8-20-7-12(16)18-14)10-6-9(2-3-11(10)15)17-13-4-5-21-19-13/h2-6H,7-8H2,1H3,(H2,16,18)(H,17,19). The summed E-state index contributed by atoms with van der Waals surface area (Å²) in [4.78, 5) is 4.35. The van der Waals surface area contributed by atoms with Crippen molar-refractivity contribution in [1.82, 2.24) is 5.16 Å². The van der Waals surface area contributed by atoms with E-state index in [0.717, 1.165) is 0 Å². The van der Waals surface area contributed by atoms with Crippen molar-refractivity contribution in [3.63, 3.8) is 0 Å². The van der Waals surface area contributed by atoms with E-state index in [0.29, 0.717) is 22.9 Å². The largest absolute Gasteiger partial charge is 0.386 e. The van der Waals surface area contributed by atoms with Crippen LogP contribution >= 0.6 is 0 Å². The molecule has 0 radical (unpaired) electrons. The van der Waals surface area contributed by atoms with Crippen molar-refractivity contribution in [2.45, 2.75) is 12.5 Å². The molecule has 0 aliphatic carbocycles. The van der Waals surface area contributed by atoms with Gasteiger partial charge >= 0.3 is 0 Å². The molecule has 110 valence electrons. The molecule has 0 fully saturated rings. The van der Waals surface area contributed by atoms with E-state index in [-0.39, 0.29) is 19.0 Å². The molecule has 6 nitrogen and oxygen atoms in total. The van der Waals surface area contributed by atoms with Gasteiger partial charge in [-0.05, 0) is 25.1 Å². The van der Waals surface area contributed by atoms with E-state index >= 15 is 0 Å². The average molecular weight is 290 g/mol. The summed E-state index contributed by atoms with van der Waals surface area (Å²) in [6.45, 7) is 2.34. The van der Waals surface area contributed by atoms with Gasteiger partial charge in [-0.25, -0.2) is 4.39 Å². The third-order valence-corrected chi connectivity index (χ3v) is 3.28. The van der Waals surface area contributed by atoms with Gasteiger partial charge in [0.1, 0.15) is 30.1 Å². The fourth-order valence-corrected chi connectivity index (χ4v) is 2.31. The van der Waals surface area contributed by atoms with Crippen molar-refractivity contribution in [3.8, 4) is 0 Å². The Morgan fingerprint density at radius 2 is 2.24 bits per heavy atom. The third kappa shape index (κ3) is 2.73. The lowest BCUT2D eigenvalue weighted by Crippen LogP contribution is -2.38. The van der Waals surface area contributed by atoms with Crippen LogP contribution < -0.4 is 11.1 Å². The van der Waals surface area contributed by atoms with Gasteiger partial charge in [0.15, 0.2) is 5.82 Å². The molecule has 0 bridgehead atoms. The SMILES string of the molecule is CC1(c2cc(Nc3ccon3)ccc2F)COCC(N)=N1. The zero-order chi connectivity index (χ0) is 14.9. The quantitative estimate of drug-likeness (QED) is 0.904. The number of nitrogens with two attached hydrogens (primary N) is 1. The van der Waals surface area contributed by atoms with Gasteiger partial charge in [0.2, 0.25) is 0 Å². The summed E-state index contributed by atoms with van der Waals surface area (Å²) < 4.78 is 24.3. The smallest absolute Gasteiger partial charge is 0.173 e. The molecule has 7 heteroatoms. The van der Waals surface area contributed by atoms with Gasteiger partial charge in [0, 0.05) is 17.3 Å². The Hall–Kier alpha value is -2.41. The van der Waals surface area contributed by atoms with E-state index in [1.165, 1.54) is 12.3 Å². The molecule has 1 aliphatic rings. The van der Waals surface area contributed by atoms with Crippen LogP contribution in [0.1, 0.15) is 12.5 Å². The number of rotatable bonds is 3. The number of benzene rings is 1. The highest BCUT2D eigenvalue weighted by atomic mass is 19.1. The zero-order valence-electron chi connectivity index (χ0n) is 11.5. The predicted octanol–water partition coefficient (Wildman–Crippen LogP) is 2.16. The number of amidine groups is 1. The van der Waals surface area contributed by atoms with E-state index in [1.54, 1.807) is 25.1 Å². The van der Waals surface area contributed by atoms with Gasteiger partial charge in [-0.1, -0.05) is 5.16 Å². The first kappa shape index (κ1) is 13.6. The second-order valence-corrected chi connectivity index (χ2v) is 5.07. The van der Waals surface area contributed by atoms with Gasteiger partial charge in [-0.3, -0.25) is 4.99 Å². The zero-order valence-corrected chi connectivity index (χ0v) is 11.5. The fourth-order valence-electron chi connectivity index (χ4n) is 2.31. The van der Waals surface area contributed by atoms with Gasteiger partial charge in [-0.2, -0.15) is 0 Å². The molecule has 1 aromatic heterocycles. The normalized spacial score (nSPS) is 21.9. The van der Waals surface area contributed by atoms with Crippen molar-refractivity contribution >= 4 is 17.3 Å². The molecule has 2 heterocycles. The maximum absolute atomic E-state index is 14.2. The van der Waals surface area contributed by atoms with E-state index in [9.17, 15) is 4.39 Å². The number of ether oxygens (including phenoxy) is 1. The Morgan fingerprint density at radius 3 is 2.95 bits per heavy atom. The summed E-state index contributed by atoms with van der Waals surface area (Å²) in [6, 6.07) is 6.34. The Labute approximate surface area is 120 Å². The highest BCUT2D eigenvalue weighted by Gasteiger charge is 2.32. The molecule has 0 amide bonds. The number of hydrogen-bond acceptors (Lipinski definition) is 6. The molecule has 1 aromatic carbocycles. The van der Waals surface area contributed by atoms with Crippen LogP contribution in [0.2, 0.25) is 0 Å². The lowest BCUT2D eigenvalue weighted by molar-refractivity contribution is 0.104. The van der Waals surface area contributed by atoms with Gasteiger partial charge in [-0.15, -0.1) is 0 Å². The van der Waals surface area contributed by atoms with Crippen molar-refractivity contribution in [1.29, 1.82) is 0 Å². The first-order valence-corrected chi connectivity index (χ1v) is 6.46. The Morgan fingerprint density at radius 1 is 1.38 bits per heavy atom. The fraction of sp³-hybridized carbons (Fsp3) is 0.286. The molecular weight excluding hydrogens is 275 g/mol. The number of aromatic nitrogens is 1. The monoisotopic (exact) mass is 290 g/mol. The molecular formula is C14H15FN4O2. The number of nitrogens with zero attached hydrogens (tertiary/aromatic N) is 2. The van der Waals surface area contributed by atoms with Crippen LogP contribution in [0.25, 0.3) is 0 Å². The Balaban J connectivity index is 1.96. The minimum atomic E-state index is -0.839. The molecule has 0 saturated carbocycles. The average Bonchev–Trinajstić information content (AvgIpc) is 2.93. The van der Waals surface area contributed by atoms with Crippen molar-refractivity contribution < 1.29 is 13.7 Å². The van der Waals surface area contributed by atoms with E-state index in [1.807, 2.05) is 0 Å². The Bertz CT molecular complexity index is 672. The highest BCUT2D eigenvalue weighted by molar-refractivity contribution is 5.82.